The Hall–Kier alpha value is -2.78. The first-order valence-electron chi connectivity index (χ1n) is 9.22. The van der Waals surface area contributed by atoms with E-state index in [9.17, 15) is 23.3 Å². The van der Waals surface area contributed by atoms with Crippen molar-refractivity contribution in [2.45, 2.75) is 19.1 Å². The molecule has 3 rings (SSSR count). The number of carbonyl (C=O) groups is 1. The molecule has 1 aliphatic heterocycles. The lowest BCUT2D eigenvalue weighted by Gasteiger charge is -2.23. The number of benzodiazepines with no additional fused rings is 1. The number of fused-ring (bicyclic) bond motifs is 1. The minimum absolute atomic E-state index is 0.0739. The molecule has 1 heterocycles. The van der Waals surface area contributed by atoms with Crippen molar-refractivity contribution in [2.24, 2.45) is 4.99 Å². The van der Waals surface area contributed by atoms with E-state index in [4.69, 9.17) is 11.6 Å². The molecule has 0 saturated heterocycles. The average Bonchev–Trinajstić information content (AvgIpc) is 2.82. The Labute approximate surface area is 179 Å². The van der Waals surface area contributed by atoms with Crippen molar-refractivity contribution in [3.05, 3.63) is 68.7 Å². The van der Waals surface area contributed by atoms with Crippen LogP contribution in [0.2, 0.25) is 5.02 Å². The predicted octanol–water partition coefficient (Wildman–Crippen LogP) is 3.26. The van der Waals surface area contributed by atoms with Gasteiger partial charge in [0.2, 0.25) is 5.91 Å². The van der Waals surface area contributed by atoms with Crippen LogP contribution in [0.3, 0.4) is 0 Å². The fourth-order valence-electron chi connectivity index (χ4n) is 3.10. The van der Waals surface area contributed by atoms with Crippen LogP contribution < -0.4 is 4.90 Å². The van der Waals surface area contributed by atoms with Crippen LogP contribution in [-0.4, -0.2) is 49.1 Å². The van der Waals surface area contributed by atoms with Crippen molar-refractivity contribution in [1.29, 1.82) is 0 Å². The van der Waals surface area contributed by atoms with Gasteiger partial charge in [-0.2, -0.15) is 0 Å². The van der Waals surface area contributed by atoms with Crippen molar-refractivity contribution in [1.82, 2.24) is 0 Å². The van der Waals surface area contributed by atoms with E-state index in [0.29, 0.717) is 27.5 Å². The zero-order valence-corrected chi connectivity index (χ0v) is 18.0. The van der Waals surface area contributed by atoms with Crippen molar-refractivity contribution in [3.8, 4) is 0 Å². The van der Waals surface area contributed by atoms with E-state index in [1.165, 1.54) is 23.1 Å². The van der Waals surface area contributed by atoms with Crippen LogP contribution in [0.15, 0.2) is 47.5 Å². The molecule has 8 nitrogen and oxygen atoms in total. The second-order valence-electron chi connectivity index (χ2n) is 7.06. The third-order valence-electron chi connectivity index (χ3n) is 4.86. The van der Waals surface area contributed by atoms with Crippen LogP contribution in [0, 0.1) is 10.1 Å². The average molecular weight is 450 g/mol. The topological polar surface area (TPSA) is 110 Å². The smallest absolute Gasteiger partial charge is 0.270 e. The maximum absolute atomic E-state index is 12.8. The lowest BCUT2D eigenvalue weighted by molar-refractivity contribution is -0.384. The maximum Gasteiger partial charge on any atom is 0.270 e. The van der Waals surface area contributed by atoms with E-state index in [1.807, 2.05) is 0 Å². The molecule has 1 amide bonds. The summed E-state index contributed by atoms with van der Waals surface area (Å²) in [6.07, 6.45) is 0. The Morgan fingerprint density at radius 2 is 1.90 bits per heavy atom. The Morgan fingerprint density at radius 1 is 1.20 bits per heavy atom. The second kappa shape index (κ2) is 8.53. The summed E-state index contributed by atoms with van der Waals surface area (Å²) in [4.78, 5) is 29.3. The Bertz CT molecular complexity index is 1140. The van der Waals surface area contributed by atoms with Crippen molar-refractivity contribution in [3.63, 3.8) is 0 Å². The number of sulfone groups is 1. The van der Waals surface area contributed by atoms with E-state index in [2.05, 4.69) is 4.99 Å². The zero-order valence-electron chi connectivity index (χ0n) is 16.4. The van der Waals surface area contributed by atoms with Crippen LogP contribution >= 0.6 is 11.6 Å². The number of nitro benzene ring substituents is 1. The van der Waals surface area contributed by atoms with Crippen LogP contribution in [0.1, 0.15) is 25.0 Å². The summed E-state index contributed by atoms with van der Waals surface area (Å²) in [7, 11) is -3.39. The van der Waals surface area contributed by atoms with Gasteiger partial charge in [-0.3, -0.25) is 19.9 Å². The monoisotopic (exact) mass is 449 g/mol. The highest BCUT2D eigenvalue weighted by Crippen LogP contribution is 2.32. The van der Waals surface area contributed by atoms with E-state index >= 15 is 0 Å². The summed E-state index contributed by atoms with van der Waals surface area (Å²) in [6.45, 7) is 2.85. The van der Waals surface area contributed by atoms with Crippen LogP contribution in [0.4, 0.5) is 11.4 Å². The molecule has 0 saturated carbocycles. The van der Waals surface area contributed by atoms with Gasteiger partial charge in [-0.05, 0) is 26.0 Å². The lowest BCUT2D eigenvalue weighted by atomic mass is 9.99. The first-order chi connectivity index (χ1) is 14.1. The summed E-state index contributed by atoms with van der Waals surface area (Å²) >= 11 is 6.32. The summed E-state index contributed by atoms with van der Waals surface area (Å²) in [6, 6.07) is 10.9. The van der Waals surface area contributed by atoms with Crippen LogP contribution in [-0.2, 0) is 14.6 Å². The molecule has 2 aromatic rings. The molecule has 0 radical (unpaired) electrons. The molecule has 0 atom stereocenters. The van der Waals surface area contributed by atoms with Crippen LogP contribution in [0.5, 0.6) is 0 Å². The quantitative estimate of drug-likeness (QED) is 0.496. The minimum atomic E-state index is -3.39. The zero-order chi connectivity index (χ0) is 22.1. The van der Waals surface area contributed by atoms with Crippen molar-refractivity contribution >= 4 is 44.4 Å². The van der Waals surface area contributed by atoms with Crippen molar-refractivity contribution in [2.75, 3.05) is 23.7 Å². The molecule has 10 heteroatoms. The molecular weight excluding hydrogens is 430 g/mol. The number of aliphatic imine (C=N–C) groups is 1. The molecule has 2 aromatic carbocycles. The third-order valence-corrected chi connectivity index (χ3v) is 7.37. The molecule has 158 valence electrons. The van der Waals surface area contributed by atoms with E-state index in [-0.39, 0.29) is 24.5 Å². The number of amides is 1. The first kappa shape index (κ1) is 21.9. The van der Waals surface area contributed by atoms with Gasteiger partial charge in [0, 0.05) is 34.8 Å². The summed E-state index contributed by atoms with van der Waals surface area (Å²) in [5.41, 5.74) is 1.43. The summed E-state index contributed by atoms with van der Waals surface area (Å²) in [5.74, 6) is -0.625. The number of rotatable bonds is 6. The molecule has 0 fully saturated rings. The maximum atomic E-state index is 12.8. The van der Waals surface area contributed by atoms with Gasteiger partial charge >= 0.3 is 0 Å². The molecule has 0 aromatic heterocycles. The number of halogens is 1. The van der Waals surface area contributed by atoms with Gasteiger partial charge in [0.05, 0.1) is 27.3 Å². The standard InChI is InChI=1S/C20H20ClN3O5S/c1-13(2)30(28,29)10-9-23-18-8-7-14(24(26)27)11-16(18)20(22-12-19(23)25)15-5-3-4-6-17(15)21/h3-8,11,13H,9-10,12H2,1-2H3. The van der Waals surface area contributed by atoms with Crippen molar-refractivity contribution < 1.29 is 18.1 Å². The molecule has 0 unspecified atom stereocenters. The number of anilines is 1. The van der Waals surface area contributed by atoms with E-state index in [0.717, 1.165) is 0 Å². The van der Waals surface area contributed by atoms with Gasteiger partial charge in [0.25, 0.3) is 5.69 Å². The lowest BCUT2D eigenvalue weighted by Crippen LogP contribution is -2.37. The first-order valence-corrected chi connectivity index (χ1v) is 11.3. The number of nitrogens with zero attached hydrogens (tertiary/aromatic N) is 3. The molecule has 0 aliphatic carbocycles. The highest BCUT2D eigenvalue weighted by atomic mass is 35.5. The second-order valence-corrected chi connectivity index (χ2v) is 10.1. The molecule has 1 aliphatic rings. The van der Waals surface area contributed by atoms with Gasteiger partial charge in [-0.15, -0.1) is 0 Å². The number of carbonyl (C=O) groups excluding carboxylic acids is 1. The van der Waals surface area contributed by atoms with E-state index in [1.54, 1.807) is 38.1 Å². The predicted molar refractivity (Wildman–Crippen MR) is 116 cm³/mol. The number of hydrogen-bond donors (Lipinski definition) is 0. The van der Waals surface area contributed by atoms with E-state index < -0.39 is 25.9 Å². The van der Waals surface area contributed by atoms with Gasteiger partial charge in [-0.25, -0.2) is 8.42 Å². The number of nitro groups is 1. The van der Waals surface area contributed by atoms with Gasteiger partial charge < -0.3 is 4.90 Å². The number of hydrogen-bond acceptors (Lipinski definition) is 6. The fraction of sp³-hybridized carbons (Fsp3) is 0.300. The van der Waals surface area contributed by atoms with Crippen LogP contribution in [0.25, 0.3) is 0 Å². The molecule has 0 spiro atoms. The molecule has 30 heavy (non-hydrogen) atoms. The molecular formula is C20H20ClN3O5S. The Balaban J connectivity index is 2.14. The molecule has 0 bridgehead atoms. The number of non-ortho nitro benzene ring substituents is 1. The highest BCUT2D eigenvalue weighted by molar-refractivity contribution is 7.92. The number of benzene rings is 2. The summed E-state index contributed by atoms with van der Waals surface area (Å²) in [5, 5.41) is 11.1. The summed E-state index contributed by atoms with van der Waals surface area (Å²) < 4.78 is 24.6. The Morgan fingerprint density at radius 3 is 2.53 bits per heavy atom. The van der Waals surface area contributed by atoms with Gasteiger partial charge in [-0.1, -0.05) is 29.8 Å². The largest absolute Gasteiger partial charge is 0.309 e. The van der Waals surface area contributed by atoms with Gasteiger partial charge in [0.1, 0.15) is 6.54 Å². The highest BCUT2D eigenvalue weighted by Gasteiger charge is 2.29. The Kier molecular flexibility index (Phi) is 6.23. The normalized spacial score (nSPS) is 14.3. The van der Waals surface area contributed by atoms with Gasteiger partial charge in [0.15, 0.2) is 9.84 Å². The SMILES string of the molecule is CC(C)S(=O)(=O)CCN1C(=O)CN=C(c2ccccc2Cl)c2cc([N+](=O)[O-])ccc21. The minimum Gasteiger partial charge on any atom is -0.309 e. The molecule has 0 N–H and O–H groups in total. The fourth-order valence-corrected chi connectivity index (χ4v) is 4.23. The third kappa shape index (κ3) is 4.36.